The van der Waals surface area contributed by atoms with Crippen LogP contribution >= 0.6 is 0 Å². The zero-order valence-electron chi connectivity index (χ0n) is 18.0. The van der Waals surface area contributed by atoms with Gasteiger partial charge in [-0.2, -0.15) is 13.2 Å². The fourth-order valence-corrected chi connectivity index (χ4v) is 4.54. The third-order valence-corrected chi connectivity index (χ3v) is 6.32. The largest absolute Gasteiger partial charge is 0.416 e. The quantitative estimate of drug-likeness (QED) is 0.608. The van der Waals surface area contributed by atoms with Crippen LogP contribution in [-0.4, -0.2) is 62.9 Å². The van der Waals surface area contributed by atoms with Gasteiger partial charge in [-0.15, -0.1) is 0 Å². The first kappa shape index (κ1) is 22.0. The number of hydrogen-bond acceptors (Lipinski definition) is 5. The SMILES string of the molecule is O=C(CN1CC2(CCN(c3nccn4cncc34)CC2)NC1=O)Nc1ccc(C(F)(F)F)cc1. The van der Waals surface area contributed by atoms with Gasteiger partial charge in [-0.1, -0.05) is 0 Å². The van der Waals surface area contributed by atoms with Crippen LogP contribution in [0.5, 0.6) is 0 Å². The summed E-state index contributed by atoms with van der Waals surface area (Å²) >= 11 is 0. The molecule has 3 aromatic rings. The number of aromatic nitrogens is 3. The number of fused-ring (bicyclic) bond motifs is 1. The Hall–Kier alpha value is -3.83. The van der Waals surface area contributed by atoms with Gasteiger partial charge in [0.25, 0.3) is 0 Å². The third kappa shape index (κ3) is 4.22. The lowest BCUT2D eigenvalue weighted by Crippen LogP contribution is -2.52. The van der Waals surface area contributed by atoms with Gasteiger partial charge >= 0.3 is 12.2 Å². The molecule has 0 radical (unpaired) electrons. The number of hydrogen-bond donors (Lipinski definition) is 2. The number of benzene rings is 1. The molecule has 1 spiro atoms. The monoisotopic (exact) mass is 473 g/mol. The summed E-state index contributed by atoms with van der Waals surface area (Å²) in [6, 6.07) is 3.86. The molecular weight excluding hydrogens is 451 g/mol. The Balaban J connectivity index is 1.18. The van der Waals surface area contributed by atoms with E-state index in [9.17, 15) is 22.8 Å². The topological polar surface area (TPSA) is 94.9 Å². The first-order valence-electron chi connectivity index (χ1n) is 10.8. The van der Waals surface area contributed by atoms with Crippen LogP contribution in [0.1, 0.15) is 18.4 Å². The molecule has 178 valence electrons. The van der Waals surface area contributed by atoms with Crippen molar-refractivity contribution in [2.45, 2.75) is 24.6 Å². The number of amides is 3. The van der Waals surface area contributed by atoms with Crippen LogP contribution in [0.3, 0.4) is 0 Å². The number of rotatable bonds is 4. The zero-order chi connectivity index (χ0) is 23.9. The molecule has 0 aliphatic carbocycles. The zero-order valence-corrected chi connectivity index (χ0v) is 18.0. The number of anilines is 2. The van der Waals surface area contributed by atoms with Gasteiger partial charge < -0.3 is 24.8 Å². The Morgan fingerprint density at radius 1 is 1.18 bits per heavy atom. The van der Waals surface area contributed by atoms with Crippen molar-refractivity contribution in [2.24, 2.45) is 0 Å². The molecule has 2 aromatic heterocycles. The van der Waals surface area contributed by atoms with Crippen molar-refractivity contribution in [3.8, 4) is 0 Å². The second kappa shape index (κ2) is 8.19. The lowest BCUT2D eigenvalue weighted by molar-refractivity contribution is -0.137. The Morgan fingerprint density at radius 2 is 1.91 bits per heavy atom. The number of nitrogens with zero attached hydrogens (tertiary/aromatic N) is 5. The molecule has 0 bridgehead atoms. The number of carbonyl (C=O) groups excluding carboxylic acids is 2. The molecule has 0 saturated carbocycles. The summed E-state index contributed by atoms with van der Waals surface area (Å²) in [7, 11) is 0. The van der Waals surface area contributed by atoms with E-state index in [0.29, 0.717) is 32.5 Å². The summed E-state index contributed by atoms with van der Waals surface area (Å²) in [4.78, 5) is 37.2. The highest BCUT2D eigenvalue weighted by Crippen LogP contribution is 2.32. The fourth-order valence-electron chi connectivity index (χ4n) is 4.54. The van der Waals surface area contributed by atoms with E-state index >= 15 is 0 Å². The average molecular weight is 473 g/mol. The van der Waals surface area contributed by atoms with Crippen molar-refractivity contribution in [3.63, 3.8) is 0 Å². The van der Waals surface area contributed by atoms with Crippen molar-refractivity contribution in [1.29, 1.82) is 0 Å². The maximum atomic E-state index is 12.7. The molecule has 0 atom stereocenters. The second-order valence-electron chi connectivity index (χ2n) is 8.61. The Bertz CT molecular complexity index is 1220. The van der Waals surface area contributed by atoms with Crippen LogP contribution in [0.25, 0.3) is 5.52 Å². The average Bonchev–Trinajstić information content (AvgIpc) is 3.39. The summed E-state index contributed by atoms with van der Waals surface area (Å²) in [5.74, 6) is 0.368. The number of urea groups is 1. The Labute approximate surface area is 192 Å². The first-order chi connectivity index (χ1) is 16.2. The van der Waals surface area contributed by atoms with Crippen molar-refractivity contribution < 1.29 is 22.8 Å². The van der Waals surface area contributed by atoms with Gasteiger partial charge in [0.2, 0.25) is 5.91 Å². The van der Waals surface area contributed by atoms with Crippen LogP contribution in [0.2, 0.25) is 0 Å². The Morgan fingerprint density at radius 3 is 2.62 bits per heavy atom. The molecule has 0 unspecified atom stereocenters. The van der Waals surface area contributed by atoms with Crippen LogP contribution in [0, 0.1) is 0 Å². The molecule has 9 nitrogen and oxygen atoms in total. The maximum absolute atomic E-state index is 12.7. The highest BCUT2D eigenvalue weighted by atomic mass is 19.4. The predicted molar refractivity (Wildman–Crippen MR) is 117 cm³/mol. The number of halogens is 3. The molecule has 4 heterocycles. The van der Waals surface area contributed by atoms with Gasteiger partial charge in [0.1, 0.15) is 12.1 Å². The van der Waals surface area contributed by atoms with Gasteiger partial charge in [-0.3, -0.25) is 4.79 Å². The lowest BCUT2D eigenvalue weighted by Gasteiger charge is -2.39. The summed E-state index contributed by atoms with van der Waals surface area (Å²) in [5.41, 5.74) is -0.0805. The fraction of sp³-hybridized carbons (Fsp3) is 0.364. The smallest absolute Gasteiger partial charge is 0.355 e. The van der Waals surface area contributed by atoms with E-state index in [2.05, 4.69) is 25.5 Å². The maximum Gasteiger partial charge on any atom is 0.416 e. The molecule has 2 aliphatic rings. The molecule has 2 N–H and O–H groups in total. The summed E-state index contributed by atoms with van der Waals surface area (Å²) < 4.78 is 40.0. The molecule has 12 heteroatoms. The molecule has 1 aromatic carbocycles. The van der Waals surface area contributed by atoms with E-state index in [1.165, 1.54) is 17.0 Å². The van der Waals surface area contributed by atoms with E-state index in [4.69, 9.17) is 0 Å². The van der Waals surface area contributed by atoms with Crippen LogP contribution in [-0.2, 0) is 11.0 Å². The standard InChI is InChI=1S/C22H22F3N7O2/c23-22(24,25)15-1-3-16(4-2-15)28-18(33)12-32-13-21(29-20(32)34)5-8-30(9-6-21)19-17-11-26-14-31(17)10-7-27-19/h1-4,7,10-11,14H,5-6,8-9,12-13H2,(H,28,33)(H,29,34). The molecule has 5 rings (SSSR count). The van der Waals surface area contributed by atoms with E-state index in [0.717, 1.165) is 23.5 Å². The molecule has 2 aliphatic heterocycles. The van der Waals surface area contributed by atoms with Gasteiger partial charge in [0.05, 0.1) is 23.6 Å². The summed E-state index contributed by atoms with van der Waals surface area (Å²) in [6.07, 6.45) is 3.98. The number of alkyl halides is 3. The number of carbonyl (C=O) groups is 2. The molecule has 3 amide bonds. The van der Waals surface area contributed by atoms with E-state index in [1.54, 1.807) is 18.7 Å². The van der Waals surface area contributed by atoms with Crippen molar-refractivity contribution in [2.75, 3.05) is 36.4 Å². The normalized spacial score (nSPS) is 17.9. The highest BCUT2D eigenvalue weighted by molar-refractivity contribution is 5.94. The third-order valence-electron chi connectivity index (χ3n) is 6.32. The summed E-state index contributed by atoms with van der Waals surface area (Å²) in [6.45, 7) is 1.56. The van der Waals surface area contributed by atoms with Gasteiger partial charge in [0, 0.05) is 37.7 Å². The van der Waals surface area contributed by atoms with Crippen molar-refractivity contribution in [1.82, 2.24) is 24.6 Å². The van der Waals surface area contributed by atoms with Crippen molar-refractivity contribution >= 4 is 29.0 Å². The van der Waals surface area contributed by atoms with Crippen LogP contribution < -0.4 is 15.5 Å². The van der Waals surface area contributed by atoms with E-state index < -0.39 is 23.2 Å². The lowest BCUT2D eigenvalue weighted by atomic mass is 9.88. The minimum atomic E-state index is -4.44. The first-order valence-corrected chi connectivity index (χ1v) is 10.8. The molecule has 2 saturated heterocycles. The highest BCUT2D eigenvalue weighted by Gasteiger charge is 2.45. The van der Waals surface area contributed by atoms with Gasteiger partial charge in [-0.25, -0.2) is 14.8 Å². The van der Waals surface area contributed by atoms with Crippen LogP contribution in [0.4, 0.5) is 29.5 Å². The molecular formula is C22H22F3N7O2. The molecule has 34 heavy (non-hydrogen) atoms. The van der Waals surface area contributed by atoms with E-state index in [1.807, 2.05) is 10.6 Å². The van der Waals surface area contributed by atoms with Crippen molar-refractivity contribution in [3.05, 3.63) is 54.7 Å². The Kier molecular flexibility index (Phi) is 5.29. The van der Waals surface area contributed by atoms with Crippen LogP contribution in [0.15, 0.2) is 49.2 Å². The minimum absolute atomic E-state index is 0.186. The van der Waals surface area contributed by atoms with E-state index in [-0.39, 0.29) is 18.3 Å². The van der Waals surface area contributed by atoms with Gasteiger partial charge in [-0.05, 0) is 37.1 Å². The predicted octanol–water partition coefficient (Wildman–Crippen LogP) is 2.75. The summed E-state index contributed by atoms with van der Waals surface area (Å²) in [5, 5.41) is 5.58. The number of imidazole rings is 1. The number of piperidine rings is 1. The molecule has 2 fully saturated rings. The van der Waals surface area contributed by atoms with Gasteiger partial charge in [0.15, 0.2) is 5.82 Å². The minimum Gasteiger partial charge on any atom is -0.355 e. The number of nitrogens with one attached hydrogen (secondary N) is 2. The second-order valence-corrected chi connectivity index (χ2v) is 8.61.